The van der Waals surface area contributed by atoms with E-state index in [1.54, 1.807) is 58.1 Å². The van der Waals surface area contributed by atoms with E-state index in [1.165, 1.54) is 51.1 Å². The minimum absolute atomic E-state index is 0.0427. The van der Waals surface area contributed by atoms with Crippen molar-refractivity contribution in [2.24, 2.45) is 17.8 Å². The quantitative estimate of drug-likeness (QED) is 0.161. The highest BCUT2D eigenvalue weighted by Crippen LogP contribution is 2.37. The second-order valence-corrected chi connectivity index (χ2v) is 13.3. The molecule has 0 spiro atoms. The standard InChI is InChI=1S/C40H47NO10/c1-20-11-9-8-10-12-23(4)40(51)41-33-37(48)28-18-26(7)36(47)32(31(28)38(49)39(33)50)35(46)25(6)17-24(5)34(45)22(3)14-16-27(42)15-13-21(2)30(44)19-29(20)43/h8-14,16-18,20,22,24,27,29,34,42-43,45,47-48H,15,19H2,1-7H3,(H,41,51)/b10-8-,11-9+,16-14+,21-13+,23-12-,25-17+/t20?,22-,24-,27?,29?,34-/m0/s1. The largest absolute Gasteiger partial charge is 0.507 e. The maximum absolute atomic E-state index is 13.8. The Morgan fingerprint density at radius 3 is 2.04 bits per heavy atom. The van der Waals surface area contributed by atoms with Crippen molar-refractivity contribution in [2.75, 3.05) is 0 Å². The molecule has 0 aromatic heterocycles. The predicted octanol–water partition coefficient (Wildman–Crippen LogP) is 4.85. The van der Waals surface area contributed by atoms with Crippen molar-refractivity contribution in [1.29, 1.82) is 0 Å². The summed E-state index contributed by atoms with van der Waals surface area (Å²) < 4.78 is 0. The van der Waals surface area contributed by atoms with Gasteiger partial charge in [0.15, 0.2) is 17.3 Å². The number of benzene rings is 1. The number of hydrogen-bond acceptors (Lipinski definition) is 10. The van der Waals surface area contributed by atoms with Gasteiger partial charge in [-0.2, -0.15) is 0 Å². The Labute approximate surface area is 297 Å². The third-order valence-electron chi connectivity index (χ3n) is 9.14. The average Bonchev–Trinajstić information content (AvgIpc) is 3.09. The minimum atomic E-state index is -1.29. The smallest absolute Gasteiger partial charge is 0.253 e. The molecule has 272 valence electrons. The van der Waals surface area contributed by atoms with Crippen molar-refractivity contribution in [3.05, 3.63) is 105 Å². The summed E-state index contributed by atoms with van der Waals surface area (Å²) in [4.78, 5) is 66.2. The number of aliphatic hydroxyl groups excluding tert-OH is 4. The molecule has 11 nitrogen and oxygen atoms in total. The van der Waals surface area contributed by atoms with Crippen molar-refractivity contribution in [3.8, 4) is 5.75 Å². The van der Waals surface area contributed by atoms with Gasteiger partial charge in [-0.25, -0.2) is 0 Å². The predicted molar refractivity (Wildman–Crippen MR) is 193 cm³/mol. The Kier molecular flexibility index (Phi) is 13.7. The van der Waals surface area contributed by atoms with Crippen LogP contribution in [0.25, 0.3) is 5.76 Å². The zero-order valence-corrected chi connectivity index (χ0v) is 29.9. The molecule has 1 aromatic carbocycles. The number of fused-ring (bicyclic) bond motifs is 18. The number of nitrogens with one attached hydrogen (secondary N) is 1. The number of phenolic OH excluding ortho intramolecular Hbond substituents is 1. The number of allylic oxidation sites excluding steroid dienone is 7. The Morgan fingerprint density at radius 2 is 1.37 bits per heavy atom. The highest BCUT2D eigenvalue weighted by Gasteiger charge is 2.39. The lowest BCUT2D eigenvalue weighted by Gasteiger charge is -2.23. The molecule has 0 saturated heterocycles. The molecule has 6 N–H and O–H groups in total. The molecule has 4 rings (SSSR count). The summed E-state index contributed by atoms with van der Waals surface area (Å²) >= 11 is 0. The fourth-order valence-corrected chi connectivity index (χ4v) is 5.64. The molecule has 0 radical (unpaired) electrons. The van der Waals surface area contributed by atoms with Gasteiger partial charge < -0.3 is 30.8 Å². The van der Waals surface area contributed by atoms with Crippen LogP contribution in [0.1, 0.15) is 86.2 Å². The minimum Gasteiger partial charge on any atom is -0.507 e. The molecule has 2 aliphatic heterocycles. The number of ketones is 4. The van der Waals surface area contributed by atoms with Crippen molar-refractivity contribution in [3.63, 3.8) is 0 Å². The van der Waals surface area contributed by atoms with E-state index in [0.717, 1.165) is 0 Å². The van der Waals surface area contributed by atoms with Gasteiger partial charge in [-0.05, 0) is 56.9 Å². The van der Waals surface area contributed by atoms with Crippen molar-refractivity contribution < 1.29 is 49.5 Å². The molecular formula is C40H47NO10. The van der Waals surface area contributed by atoms with Gasteiger partial charge in [0.25, 0.3) is 11.7 Å². The first kappa shape index (κ1) is 40.5. The molecular weight excluding hydrogens is 654 g/mol. The Balaban J connectivity index is 2.10. The lowest BCUT2D eigenvalue weighted by molar-refractivity contribution is -0.119. The fraction of sp³-hybridized carbons (Fsp3) is 0.375. The molecule has 6 atom stereocenters. The number of rotatable bonds is 0. The molecule has 1 aromatic rings. The molecule has 11 heteroatoms. The summed E-state index contributed by atoms with van der Waals surface area (Å²) in [5.41, 5.74) is -1.23. The monoisotopic (exact) mass is 701 g/mol. The summed E-state index contributed by atoms with van der Waals surface area (Å²) in [6.45, 7) is 11.0. The van der Waals surface area contributed by atoms with E-state index in [1.807, 2.05) is 0 Å². The highest BCUT2D eigenvalue weighted by atomic mass is 16.3. The van der Waals surface area contributed by atoms with Crippen LogP contribution in [0, 0.1) is 24.7 Å². The number of aromatic hydroxyl groups is 1. The van der Waals surface area contributed by atoms with E-state index in [2.05, 4.69) is 5.32 Å². The molecule has 0 saturated carbocycles. The lowest BCUT2D eigenvalue weighted by atomic mass is 9.82. The number of carbonyl (C=O) groups is 5. The van der Waals surface area contributed by atoms with E-state index < -0.39 is 87.7 Å². The first-order valence-corrected chi connectivity index (χ1v) is 16.7. The third kappa shape index (κ3) is 9.63. The first-order chi connectivity index (χ1) is 23.9. The molecule has 3 unspecified atom stereocenters. The Hall–Kier alpha value is -4.97. The molecule has 3 aliphatic rings. The number of aryl methyl sites for hydroxylation is 1. The van der Waals surface area contributed by atoms with Gasteiger partial charge in [0.05, 0.1) is 29.4 Å². The van der Waals surface area contributed by atoms with Gasteiger partial charge in [-0.3, -0.25) is 24.0 Å². The topological polar surface area (TPSA) is 199 Å². The summed E-state index contributed by atoms with van der Waals surface area (Å²) in [6.07, 6.45) is 11.0. The van der Waals surface area contributed by atoms with E-state index >= 15 is 0 Å². The van der Waals surface area contributed by atoms with Crippen LogP contribution in [0.3, 0.4) is 0 Å². The van der Waals surface area contributed by atoms with Crippen LogP contribution in [-0.4, -0.2) is 72.9 Å². The molecule has 2 heterocycles. The second-order valence-electron chi connectivity index (χ2n) is 13.3. The zero-order chi connectivity index (χ0) is 38.3. The molecule has 1 amide bonds. The highest BCUT2D eigenvalue weighted by molar-refractivity contribution is 6.53. The normalized spacial score (nSPS) is 31.6. The van der Waals surface area contributed by atoms with Gasteiger partial charge in [-0.15, -0.1) is 0 Å². The lowest BCUT2D eigenvalue weighted by Crippen LogP contribution is -2.36. The Morgan fingerprint density at radius 1 is 0.706 bits per heavy atom. The van der Waals surface area contributed by atoms with E-state index in [4.69, 9.17) is 0 Å². The van der Waals surface area contributed by atoms with E-state index in [0.29, 0.717) is 5.57 Å². The number of phenols is 1. The van der Waals surface area contributed by atoms with Crippen molar-refractivity contribution in [1.82, 2.24) is 5.32 Å². The second kappa shape index (κ2) is 17.3. The van der Waals surface area contributed by atoms with Gasteiger partial charge in [0, 0.05) is 35.3 Å². The first-order valence-electron chi connectivity index (χ1n) is 16.7. The summed E-state index contributed by atoms with van der Waals surface area (Å²) in [6, 6.07) is 1.24. The number of Topliss-reactive ketones (excluding diaryl/α,β-unsaturated/α-hetero) is 4. The fourth-order valence-electron chi connectivity index (χ4n) is 5.64. The van der Waals surface area contributed by atoms with Crippen LogP contribution in [0.5, 0.6) is 5.75 Å². The molecule has 0 fully saturated rings. The van der Waals surface area contributed by atoms with E-state index in [9.17, 15) is 49.5 Å². The van der Waals surface area contributed by atoms with Crippen molar-refractivity contribution in [2.45, 2.75) is 79.6 Å². The maximum atomic E-state index is 13.8. The number of aliphatic hydroxyl groups is 4. The summed E-state index contributed by atoms with van der Waals surface area (Å²) in [5.74, 6) is -7.21. The van der Waals surface area contributed by atoms with Crippen LogP contribution in [-0.2, 0) is 14.4 Å². The molecule has 51 heavy (non-hydrogen) atoms. The van der Waals surface area contributed by atoms with Crippen molar-refractivity contribution >= 4 is 34.8 Å². The molecule has 4 bridgehead atoms. The van der Waals surface area contributed by atoms with Crippen LogP contribution >= 0.6 is 0 Å². The Bertz CT molecular complexity index is 1820. The van der Waals surface area contributed by atoms with E-state index in [-0.39, 0.29) is 40.9 Å². The van der Waals surface area contributed by atoms with Gasteiger partial charge in [-0.1, -0.05) is 75.5 Å². The van der Waals surface area contributed by atoms with Crippen LogP contribution < -0.4 is 5.32 Å². The zero-order valence-electron chi connectivity index (χ0n) is 29.9. The van der Waals surface area contributed by atoms with Gasteiger partial charge >= 0.3 is 0 Å². The van der Waals surface area contributed by atoms with Gasteiger partial charge in [0.1, 0.15) is 11.4 Å². The van der Waals surface area contributed by atoms with Gasteiger partial charge in [0.2, 0.25) is 5.78 Å². The van der Waals surface area contributed by atoms with Crippen LogP contribution in [0.2, 0.25) is 0 Å². The SMILES string of the molecule is C/C1=C/C=C\C=C\C(C)C(O)CC(=O)/C(C)=C/CC(O)/C=C/[C@H](C)[C@H](O)[C@@H](C)/C=C(\C)C(=O)c2c(O)c(C)cc3c2C(=O)C(=O)C(=C3O)NC1=O. The average molecular weight is 702 g/mol. The van der Waals surface area contributed by atoms with Crippen LogP contribution in [0.4, 0.5) is 0 Å². The third-order valence-corrected chi connectivity index (χ3v) is 9.14. The molecule has 1 aliphatic carbocycles. The number of amides is 1. The summed E-state index contributed by atoms with van der Waals surface area (Å²) in [7, 11) is 0. The van der Waals surface area contributed by atoms with Crippen LogP contribution in [0.15, 0.2) is 83.2 Å². The summed E-state index contributed by atoms with van der Waals surface area (Å²) in [5, 5.41) is 56.5. The number of hydrogen-bond donors (Lipinski definition) is 6. The number of carbonyl (C=O) groups excluding carboxylic acids is 5. The maximum Gasteiger partial charge on any atom is 0.253 e.